The third kappa shape index (κ3) is 3.41. The molecule has 0 unspecified atom stereocenters. The van der Waals surface area contributed by atoms with Crippen LogP contribution in [0.25, 0.3) is 0 Å². The van der Waals surface area contributed by atoms with Crippen molar-refractivity contribution in [1.29, 1.82) is 0 Å². The number of hydrogen-bond acceptors (Lipinski definition) is 1. The van der Waals surface area contributed by atoms with E-state index < -0.39 is 0 Å². The molecule has 0 aromatic heterocycles. The molecule has 0 fully saturated rings. The highest BCUT2D eigenvalue weighted by Gasteiger charge is 1.78. The van der Waals surface area contributed by atoms with E-state index in [2.05, 4.69) is 13.5 Å². The van der Waals surface area contributed by atoms with Crippen LogP contribution in [0.2, 0.25) is 0 Å². The number of aliphatic hydroxyl groups is 1. The highest BCUT2D eigenvalue weighted by atomic mass is 16.3. The van der Waals surface area contributed by atoms with E-state index in [1.807, 2.05) is 0 Å². The predicted octanol–water partition coefficient (Wildman–Crippen LogP) is 1.28. The summed E-state index contributed by atoms with van der Waals surface area (Å²) < 4.78 is 0. The first-order valence-electron chi connectivity index (χ1n) is 1.43. The van der Waals surface area contributed by atoms with Crippen LogP contribution in [-0.2, 0) is 0 Å². The molecule has 0 saturated carbocycles. The van der Waals surface area contributed by atoms with Crippen molar-refractivity contribution >= 4 is 0 Å². The van der Waals surface area contributed by atoms with Gasteiger partial charge in [0.15, 0.2) is 0 Å². The molecular weight excluding hydrogens is 64.0 g/mol. The van der Waals surface area contributed by atoms with E-state index in [1.165, 1.54) is 0 Å². The Morgan fingerprint density at radius 3 is 2.20 bits per heavy atom. The zero-order valence-electron chi connectivity index (χ0n) is 3.07. The Balaban J connectivity index is 2.85. The van der Waals surface area contributed by atoms with Gasteiger partial charge in [-0.15, -0.1) is 0 Å². The Labute approximate surface area is 31.9 Å². The maximum Gasteiger partial charge on any atom is 0.141 e. The van der Waals surface area contributed by atoms with E-state index in [1.54, 1.807) is 0 Å². The summed E-state index contributed by atoms with van der Waals surface area (Å²) in [6, 6.07) is 0. The topological polar surface area (TPSA) is 20.2 Å². The molecule has 0 amide bonds. The minimum Gasteiger partial charge on any atom is -0.508 e. The first-order valence-corrected chi connectivity index (χ1v) is 1.43. The Hall–Kier alpha value is -0.590. The Morgan fingerprint density at radius 1 is 2.00 bits per heavy atom. The number of aliphatic hydroxyl groups excluding tert-OH is 1. The van der Waals surface area contributed by atoms with Crippen LogP contribution < -0.4 is 0 Å². The van der Waals surface area contributed by atoms with Crippen LogP contribution in [0.3, 0.4) is 0 Å². The van der Waals surface area contributed by atoms with Crippen molar-refractivity contribution in [2.45, 2.75) is 6.42 Å². The molecule has 1 heteroatoms. The normalized spacial score (nSPS) is 7.20. The van der Waals surface area contributed by atoms with Crippen LogP contribution >= 0.6 is 0 Å². The molecule has 0 rings (SSSR count). The van der Waals surface area contributed by atoms with Gasteiger partial charge < -0.3 is 5.11 Å². The third-order valence-electron chi connectivity index (χ3n) is 0.289. The summed E-state index contributed by atoms with van der Waals surface area (Å²) in [6.07, 6.45) is 0.417. The van der Waals surface area contributed by atoms with Gasteiger partial charge in [-0.25, -0.2) is 0 Å². The monoisotopic (exact) mass is 71.0 g/mol. The van der Waals surface area contributed by atoms with Gasteiger partial charge in [-0.2, -0.15) is 0 Å². The third-order valence-corrected chi connectivity index (χ3v) is 0.289. The van der Waals surface area contributed by atoms with Crippen molar-refractivity contribution in [3.05, 3.63) is 19.3 Å². The fourth-order valence-electron chi connectivity index (χ4n) is 0. The molecule has 0 spiro atoms. The number of hydrogen-bond donors (Lipinski definition) is 1. The molecule has 0 aromatic rings. The van der Waals surface area contributed by atoms with Crippen molar-refractivity contribution in [2.24, 2.45) is 0 Å². The lowest BCUT2D eigenvalue weighted by molar-refractivity contribution is 0.404. The van der Waals surface area contributed by atoms with E-state index >= 15 is 0 Å². The molecule has 0 heterocycles. The van der Waals surface area contributed by atoms with Crippen LogP contribution in [0.5, 0.6) is 0 Å². The van der Waals surface area contributed by atoms with E-state index in [0.29, 0.717) is 6.42 Å². The summed E-state index contributed by atoms with van der Waals surface area (Å²) in [5.41, 5.74) is 0. The van der Waals surface area contributed by atoms with Crippen molar-refractivity contribution in [3.63, 3.8) is 0 Å². The minimum atomic E-state index is 0.144. The smallest absolute Gasteiger partial charge is 0.141 e. The zero-order chi connectivity index (χ0) is 4.28. The second-order valence-corrected chi connectivity index (χ2v) is 0.816. The van der Waals surface area contributed by atoms with Gasteiger partial charge in [0.2, 0.25) is 0 Å². The molecule has 0 radical (unpaired) electrons. The Morgan fingerprint density at radius 2 is 2.20 bits per heavy atom. The van der Waals surface area contributed by atoms with Crippen LogP contribution in [0.4, 0.5) is 0 Å². The molecular formula is C4H7O+. The van der Waals surface area contributed by atoms with E-state index in [9.17, 15) is 0 Å². The maximum atomic E-state index is 8.10. The molecule has 0 saturated heterocycles. The molecule has 0 atom stereocenters. The van der Waals surface area contributed by atoms with Gasteiger partial charge in [-0.3, -0.25) is 0 Å². The summed E-state index contributed by atoms with van der Waals surface area (Å²) in [7, 11) is 0. The van der Waals surface area contributed by atoms with Gasteiger partial charge in [0.25, 0.3) is 0 Å². The van der Waals surface area contributed by atoms with E-state index in [0.717, 1.165) is 0 Å². The highest BCUT2D eigenvalue weighted by Crippen LogP contribution is 1.83. The molecule has 28 valence electrons. The van der Waals surface area contributed by atoms with Gasteiger partial charge in [-0.05, 0) is 0 Å². The van der Waals surface area contributed by atoms with Crippen LogP contribution in [0.15, 0.2) is 12.3 Å². The predicted molar refractivity (Wildman–Crippen MR) is 21.7 cm³/mol. The fourth-order valence-corrected chi connectivity index (χ4v) is 0. The summed E-state index contributed by atoms with van der Waals surface area (Å²) in [5, 5.41) is 8.10. The van der Waals surface area contributed by atoms with Gasteiger partial charge in [-0.1, -0.05) is 6.58 Å². The second-order valence-electron chi connectivity index (χ2n) is 0.816. The van der Waals surface area contributed by atoms with Gasteiger partial charge in [0.05, 0.1) is 6.92 Å². The largest absolute Gasteiger partial charge is 0.508 e. The first-order chi connectivity index (χ1) is 2.27. The minimum absolute atomic E-state index is 0.144. The van der Waals surface area contributed by atoms with Gasteiger partial charge in [0, 0.05) is 0 Å². The van der Waals surface area contributed by atoms with Crippen molar-refractivity contribution in [2.75, 3.05) is 0 Å². The zero-order valence-corrected chi connectivity index (χ0v) is 3.07. The van der Waals surface area contributed by atoms with Crippen molar-refractivity contribution in [1.82, 2.24) is 0 Å². The summed E-state index contributed by atoms with van der Waals surface area (Å²) >= 11 is 0. The summed E-state index contributed by atoms with van der Waals surface area (Å²) in [4.78, 5) is 0. The number of allylic oxidation sites excluding steroid dienone is 1. The summed E-state index contributed by atoms with van der Waals surface area (Å²) in [6.45, 7) is 6.50. The number of rotatable bonds is 1. The molecule has 1 nitrogen and oxygen atoms in total. The average Bonchev–Trinajstić information content (AvgIpc) is 1.38. The molecule has 0 aliphatic heterocycles. The van der Waals surface area contributed by atoms with Crippen molar-refractivity contribution in [3.8, 4) is 0 Å². The quantitative estimate of drug-likeness (QED) is 0.364. The average molecular weight is 71.1 g/mol. The molecule has 0 aliphatic rings. The van der Waals surface area contributed by atoms with E-state index in [-0.39, 0.29) is 5.76 Å². The molecule has 0 aromatic carbocycles. The Bertz CT molecular complexity index is 38.9. The van der Waals surface area contributed by atoms with Gasteiger partial charge >= 0.3 is 0 Å². The van der Waals surface area contributed by atoms with Crippen LogP contribution in [0.1, 0.15) is 6.42 Å². The lowest BCUT2D eigenvalue weighted by atomic mass is 10.4. The molecule has 5 heavy (non-hydrogen) atoms. The molecule has 1 N–H and O–H groups in total. The van der Waals surface area contributed by atoms with Crippen LogP contribution in [0, 0.1) is 6.92 Å². The lowest BCUT2D eigenvalue weighted by Gasteiger charge is -1.74. The molecule has 0 bridgehead atoms. The fraction of sp³-hybridized carbons (Fsp3) is 0.250. The molecule has 0 aliphatic carbocycles. The van der Waals surface area contributed by atoms with E-state index in [4.69, 9.17) is 5.11 Å². The second kappa shape index (κ2) is 1.70. The van der Waals surface area contributed by atoms with Crippen LogP contribution in [-0.4, -0.2) is 5.11 Å². The Kier molecular flexibility index (Phi) is 1.50. The first kappa shape index (κ1) is 4.41. The van der Waals surface area contributed by atoms with Gasteiger partial charge in [0.1, 0.15) is 12.2 Å². The van der Waals surface area contributed by atoms with Crippen molar-refractivity contribution < 1.29 is 5.11 Å². The lowest BCUT2D eigenvalue weighted by Crippen LogP contribution is -1.66. The maximum absolute atomic E-state index is 8.10. The summed E-state index contributed by atoms with van der Waals surface area (Å²) in [5.74, 6) is 0.144. The SMILES string of the molecule is C=C(O)C[CH2+]. The standard InChI is InChI=1S/C4H6O/c1-3-4(2)5/h1-3H2/p+1. The highest BCUT2D eigenvalue weighted by molar-refractivity contribution is 4.78.